The second-order valence-corrected chi connectivity index (χ2v) is 4.23. The van der Waals surface area contributed by atoms with Crippen molar-refractivity contribution in [2.45, 2.75) is 6.10 Å². The van der Waals surface area contributed by atoms with Gasteiger partial charge in [-0.05, 0) is 5.56 Å². The molecule has 1 heterocycles. The van der Waals surface area contributed by atoms with Crippen LogP contribution in [0.25, 0.3) is 0 Å². The minimum atomic E-state index is -0.793. The van der Waals surface area contributed by atoms with Crippen LogP contribution in [0.15, 0.2) is 30.3 Å². The first-order valence-corrected chi connectivity index (χ1v) is 5.88. The lowest BCUT2D eigenvalue weighted by atomic mass is 10.0. The number of aliphatic hydroxyl groups excluding tert-OH is 1. The van der Waals surface area contributed by atoms with Crippen LogP contribution in [0.2, 0.25) is 0 Å². The molecule has 1 aromatic carbocycles. The van der Waals surface area contributed by atoms with Crippen molar-refractivity contribution < 1.29 is 9.84 Å². The first kappa shape index (κ1) is 12.2. The number of nitrogens with zero attached hydrogens (tertiary/aromatic N) is 1. The molecule has 1 aliphatic heterocycles. The van der Waals surface area contributed by atoms with Crippen LogP contribution < -0.4 is 0 Å². The van der Waals surface area contributed by atoms with E-state index in [1.165, 1.54) is 0 Å². The number of hydrogen-bond donors (Lipinski definition) is 2. The van der Waals surface area contributed by atoms with Crippen LogP contribution in [0.5, 0.6) is 0 Å². The Morgan fingerprint density at radius 3 is 2.59 bits per heavy atom. The maximum Gasteiger partial charge on any atom is 0.118 e. The molecule has 0 unspecified atom stereocenters. The molecule has 17 heavy (non-hydrogen) atoms. The molecule has 0 amide bonds. The molecule has 0 bridgehead atoms. The molecule has 0 saturated carbocycles. The highest BCUT2D eigenvalue weighted by Crippen LogP contribution is 2.14. The smallest absolute Gasteiger partial charge is 0.118 e. The first-order valence-electron chi connectivity index (χ1n) is 5.88. The fraction of sp³-hybridized carbons (Fsp3) is 0.462. The van der Waals surface area contributed by atoms with Gasteiger partial charge in [0.1, 0.15) is 6.10 Å². The molecular formula is C13H18N2O2. The van der Waals surface area contributed by atoms with Gasteiger partial charge in [0.15, 0.2) is 0 Å². The molecule has 0 aliphatic carbocycles. The van der Waals surface area contributed by atoms with Gasteiger partial charge in [-0.3, -0.25) is 4.90 Å². The molecule has 0 aromatic heterocycles. The zero-order valence-corrected chi connectivity index (χ0v) is 9.80. The van der Waals surface area contributed by atoms with Crippen molar-refractivity contribution in [3.63, 3.8) is 0 Å². The monoisotopic (exact) mass is 234 g/mol. The zero-order valence-electron chi connectivity index (χ0n) is 9.80. The second kappa shape index (κ2) is 5.91. The van der Waals surface area contributed by atoms with Crippen molar-refractivity contribution in [3.8, 4) is 0 Å². The summed E-state index contributed by atoms with van der Waals surface area (Å²) in [6, 6.07) is 9.35. The summed E-state index contributed by atoms with van der Waals surface area (Å²) in [5.74, 6) is 0. The Kier molecular flexibility index (Phi) is 4.25. The van der Waals surface area contributed by atoms with Crippen LogP contribution in [0.4, 0.5) is 0 Å². The summed E-state index contributed by atoms with van der Waals surface area (Å²) in [6.07, 6.45) is -0.793. The highest BCUT2D eigenvalue weighted by atomic mass is 16.5. The van der Waals surface area contributed by atoms with Gasteiger partial charge in [0.25, 0.3) is 0 Å². The van der Waals surface area contributed by atoms with Crippen molar-refractivity contribution in [2.75, 3.05) is 32.8 Å². The standard InChI is InChI=1S/C13H18N2O2/c14-12(10-15-6-8-17-9-7-15)13(16)11-4-2-1-3-5-11/h1-5,13-14,16H,6-10H2/t13-/m0/s1. The topological polar surface area (TPSA) is 56.6 Å². The van der Waals surface area contributed by atoms with Crippen LogP contribution in [0, 0.1) is 5.41 Å². The third-order valence-corrected chi connectivity index (χ3v) is 2.94. The Morgan fingerprint density at radius 2 is 1.94 bits per heavy atom. The lowest BCUT2D eigenvalue weighted by Crippen LogP contribution is -2.40. The fourth-order valence-corrected chi connectivity index (χ4v) is 1.92. The van der Waals surface area contributed by atoms with Crippen molar-refractivity contribution in [1.29, 1.82) is 5.41 Å². The van der Waals surface area contributed by atoms with Crippen LogP contribution >= 0.6 is 0 Å². The van der Waals surface area contributed by atoms with E-state index in [2.05, 4.69) is 4.90 Å². The van der Waals surface area contributed by atoms with Crippen molar-refractivity contribution in [3.05, 3.63) is 35.9 Å². The van der Waals surface area contributed by atoms with Crippen LogP contribution in [-0.2, 0) is 4.74 Å². The average Bonchev–Trinajstić information content (AvgIpc) is 2.40. The molecule has 1 atom stereocenters. The summed E-state index contributed by atoms with van der Waals surface area (Å²) in [5.41, 5.74) is 1.13. The van der Waals surface area contributed by atoms with Crippen molar-refractivity contribution in [2.24, 2.45) is 0 Å². The predicted octanol–water partition coefficient (Wildman–Crippen LogP) is 1.07. The minimum absolute atomic E-state index is 0.345. The Morgan fingerprint density at radius 1 is 1.29 bits per heavy atom. The SMILES string of the molecule is N=C(CN1CCOCC1)[C@@H](O)c1ccccc1. The first-order chi connectivity index (χ1) is 8.27. The number of benzene rings is 1. The third kappa shape index (κ3) is 3.36. The van der Waals surface area contributed by atoms with Gasteiger partial charge < -0.3 is 15.3 Å². The quantitative estimate of drug-likeness (QED) is 0.766. The summed E-state index contributed by atoms with van der Waals surface area (Å²) < 4.78 is 5.25. The van der Waals surface area contributed by atoms with Gasteiger partial charge in [0.05, 0.1) is 18.9 Å². The van der Waals surface area contributed by atoms with Crippen LogP contribution in [0.3, 0.4) is 0 Å². The molecule has 1 fully saturated rings. The average molecular weight is 234 g/mol. The van der Waals surface area contributed by atoms with Gasteiger partial charge in [0.2, 0.25) is 0 Å². The third-order valence-electron chi connectivity index (χ3n) is 2.94. The fourth-order valence-electron chi connectivity index (χ4n) is 1.92. The highest BCUT2D eigenvalue weighted by Gasteiger charge is 2.18. The molecule has 4 heteroatoms. The summed E-state index contributed by atoms with van der Waals surface area (Å²) >= 11 is 0. The van der Waals surface area contributed by atoms with E-state index in [1.54, 1.807) is 0 Å². The number of nitrogens with one attached hydrogen (secondary N) is 1. The van der Waals surface area contributed by atoms with Crippen molar-refractivity contribution >= 4 is 5.71 Å². The predicted molar refractivity (Wildman–Crippen MR) is 66.4 cm³/mol. The van der Waals surface area contributed by atoms with Gasteiger partial charge in [-0.25, -0.2) is 0 Å². The van der Waals surface area contributed by atoms with E-state index in [-0.39, 0.29) is 0 Å². The van der Waals surface area contributed by atoms with Crippen molar-refractivity contribution in [1.82, 2.24) is 4.90 Å². The highest BCUT2D eigenvalue weighted by molar-refractivity contribution is 5.88. The minimum Gasteiger partial charge on any atom is -0.382 e. The Hall–Kier alpha value is -1.23. The number of aliphatic hydroxyl groups is 1. The van der Waals surface area contributed by atoms with E-state index >= 15 is 0 Å². The van der Waals surface area contributed by atoms with E-state index in [9.17, 15) is 5.11 Å². The normalized spacial score (nSPS) is 18.9. The van der Waals surface area contributed by atoms with E-state index in [0.717, 1.165) is 18.7 Å². The van der Waals surface area contributed by atoms with Gasteiger partial charge in [-0.1, -0.05) is 30.3 Å². The van der Waals surface area contributed by atoms with Gasteiger partial charge in [0, 0.05) is 19.6 Å². The summed E-state index contributed by atoms with van der Waals surface area (Å²) in [5, 5.41) is 18.0. The van der Waals surface area contributed by atoms with E-state index in [1.807, 2.05) is 30.3 Å². The number of morpholine rings is 1. The lowest BCUT2D eigenvalue weighted by molar-refractivity contribution is 0.0440. The van der Waals surface area contributed by atoms with Gasteiger partial charge >= 0.3 is 0 Å². The van der Waals surface area contributed by atoms with Gasteiger partial charge in [-0.15, -0.1) is 0 Å². The Labute approximate surface area is 101 Å². The molecule has 1 aromatic rings. The zero-order chi connectivity index (χ0) is 12.1. The summed E-state index contributed by atoms with van der Waals surface area (Å²) in [6.45, 7) is 3.62. The molecule has 0 radical (unpaired) electrons. The Bertz CT molecular complexity index is 361. The van der Waals surface area contributed by atoms with Crippen LogP contribution in [0.1, 0.15) is 11.7 Å². The summed E-state index contributed by atoms with van der Waals surface area (Å²) in [7, 11) is 0. The Balaban J connectivity index is 1.91. The maximum atomic E-state index is 10.0. The van der Waals surface area contributed by atoms with E-state index in [0.29, 0.717) is 25.5 Å². The number of rotatable bonds is 4. The maximum absolute atomic E-state index is 10.0. The summed E-state index contributed by atoms with van der Waals surface area (Å²) in [4.78, 5) is 2.14. The second-order valence-electron chi connectivity index (χ2n) is 4.23. The number of ether oxygens (including phenoxy) is 1. The van der Waals surface area contributed by atoms with E-state index < -0.39 is 6.10 Å². The molecule has 4 nitrogen and oxygen atoms in total. The molecule has 1 saturated heterocycles. The largest absolute Gasteiger partial charge is 0.382 e. The van der Waals surface area contributed by atoms with E-state index in [4.69, 9.17) is 10.1 Å². The molecule has 2 N–H and O–H groups in total. The van der Waals surface area contributed by atoms with Crippen LogP contribution in [-0.4, -0.2) is 48.6 Å². The molecule has 92 valence electrons. The molecule has 1 aliphatic rings. The molecule has 2 rings (SSSR count). The lowest BCUT2D eigenvalue weighted by Gasteiger charge is -2.27. The molecule has 0 spiro atoms. The van der Waals surface area contributed by atoms with Gasteiger partial charge in [-0.2, -0.15) is 0 Å². The molecular weight excluding hydrogens is 216 g/mol. The number of hydrogen-bond acceptors (Lipinski definition) is 4.